The maximum absolute atomic E-state index is 12.5. The summed E-state index contributed by atoms with van der Waals surface area (Å²) >= 11 is 0. The number of carbonyl (C=O) groups is 1. The molecule has 1 aromatic rings. The predicted molar refractivity (Wildman–Crippen MR) is 85.1 cm³/mol. The van der Waals surface area contributed by atoms with Gasteiger partial charge in [-0.25, -0.2) is 0 Å². The molecule has 1 amide bonds. The molecule has 0 bridgehead atoms. The van der Waals surface area contributed by atoms with Crippen LogP contribution < -0.4 is 5.32 Å². The summed E-state index contributed by atoms with van der Waals surface area (Å²) in [6.07, 6.45) is 5.56. The number of carbonyl (C=O) groups excluding carboxylic acids is 1. The normalized spacial score (nSPS) is 29.0. The van der Waals surface area contributed by atoms with Crippen LogP contribution in [0.25, 0.3) is 0 Å². The van der Waals surface area contributed by atoms with Crippen molar-refractivity contribution in [2.75, 3.05) is 19.6 Å². The van der Waals surface area contributed by atoms with Crippen LogP contribution in [0.15, 0.2) is 30.3 Å². The average molecular weight is 286 g/mol. The minimum Gasteiger partial charge on any atom is -0.341 e. The number of likely N-dealkylation sites (tertiary alicyclic amines) is 1. The fraction of sp³-hybridized carbons (Fsp3) is 0.611. The number of nitrogens with one attached hydrogen (secondary N) is 1. The van der Waals surface area contributed by atoms with E-state index in [2.05, 4.69) is 47.5 Å². The molecule has 2 aliphatic heterocycles. The van der Waals surface area contributed by atoms with Crippen molar-refractivity contribution >= 4 is 5.91 Å². The van der Waals surface area contributed by atoms with E-state index < -0.39 is 0 Å². The van der Waals surface area contributed by atoms with Crippen molar-refractivity contribution in [2.45, 2.75) is 45.1 Å². The number of nitrogens with zero attached hydrogens (tertiary/aromatic N) is 1. The largest absolute Gasteiger partial charge is 0.341 e. The van der Waals surface area contributed by atoms with Gasteiger partial charge in [0.25, 0.3) is 0 Å². The van der Waals surface area contributed by atoms with Crippen molar-refractivity contribution in [3.8, 4) is 0 Å². The van der Waals surface area contributed by atoms with Gasteiger partial charge in [-0.2, -0.15) is 0 Å². The fourth-order valence-corrected chi connectivity index (χ4v) is 3.62. The van der Waals surface area contributed by atoms with E-state index in [1.54, 1.807) is 0 Å². The van der Waals surface area contributed by atoms with Crippen molar-refractivity contribution < 1.29 is 4.79 Å². The number of amides is 1. The summed E-state index contributed by atoms with van der Waals surface area (Å²) in [7, 11) is 0. The van der Waals surface area contributed by atoms with E-state index in [-0.39, 0.29) is 11.5 Å². The van der Waals surface area contributed by atoms with Gasteiger partial charge in [-0.05, 0) is 49.6 Å². The van der Waals surface area contributed by atoms with Crippen LogP contribution >= 0.6 is 0 Å². The summed E-state index contributed by atoms with van der Waals surface area (Å²) in [6, 6.07) is 10.8. The Bertz CT molecular complexity index is 481. The molecular formula is C18H26N2O. The van der Waals surface area contributed by atoms with E-state index in [1.807, 2.05) is 0 Å². The summed E-state index contributed by atoms with van der Waals surface area (Å²) in [5.74, 6) is 0.330. The van der Waals surface area contributed by atoms with Gasteiger partial charge in [0.2, 0.25) is 5.91 Å². The Morgan fingerprint density at radius 1 is 1.38 bits per heavy atom. The molecule has 2 aliphatic rings. The molecule has 2 saturated heterocycles. The highest BCUT2D eigenvalue weighted by atomic mass is 16.2. The smallest absolute Gasteiger partial charge is 0.239 e. The Morgan fingerprint density at radius 3 is 2.90 bits per heavy atom. The number of hydrogen-bond acceptors (Lipinski definition) is 2. The Morgan fingerprint density at radius 2 is 2.19 bits per heavy atom. The zero-order valence-electron chi connectivity index (χ0n) is 13.0. The quantitative estimate of drug-likeness (QED) is 0.923. The van der Waals surface area contributed by atoms with Crippen LogP contribution in [-0.4, -0.2) is 36.5 Å². The third kappa shape index (κ3) is 3.46. The van der Waals surface area contributed by atoms with Crippen molar-refractivity contribution in [1.82, 2.24) is 10.2 Å². The van der Waals surface area contributed by atoms with Gasteiger partial charge in [0.1, 0.15) is 0 Å². The van der Waals surface area contributed by atoms with Crippen molar-refractivity contribution in [3.05, 3.63) is 35.9 Å². The SMILES string of the molecule is CC1(CCc2ccccc2)CCN(C(=O)C2CCCN2)C1. The summed E-state index contributed by atoms with van der Waals surface area (Å²) in [6.45, 7) is 5.19. The summed E-state index contributed by atoms with van der Waals surface area (Å²) < 4.78 is 0. The lowest BCUT2D eigenvalue weighted by atomic mass is 9.83. The van der Waals surface area contributed by atoms with Gasteiger partial charge in [-0.1, -0.05) is 37.3 Å². The predicted octanol–water partition coefficient (Wildman–Crippen LogP) is 2.61. The lowest BCUT2D eigenvalue weighted by molar-refractivity contribution is -0.132. The van der Waals surface area contributed by atoms with Crippen LogP contribution in [0.1, 0.15) is 38.2 Å². The summed E-state index contributed by atoms with van der Waals surface area (Å²) in [5, 5.41) is 3.33. The van der Waals surface area contributed by atoms with Gasteiger partial charge in [0.15, 0.2) is 0 Å². The Balaban J connectivity index is 1.53. The average Bonchev–Trinajstić information content (AvgIpc) is 3.16. The first-order valence-electron chi connectivity index (χ1n) is 8.22. The third-order valence-corrected chi connectivity index (χ3v) is 5.09. The van der Waals surface area contributed by atoms with E-state index in [1.165, 1.54) is 12.0 Å². The molecule has 0 aromatic heterocycles. The number of benzene rings is 1. The molecule has 2 unspecified atom stereocenters. The molecule has 2 fully saturated rings. The van der Waals surface area contributed by atoms with Gasteiger partial charge >= 0.3 is 0 Å². The first-order chi connectivity index (χ1) is 10.2. The second-order valence-electron chi connectivity index (χ2n) is 6.95. The second-order valence-corrected chi connectivity index (χ2v) is 6.95. The zero-order chi connectivity index (χ0) is 14.7. The van der Waals surface area contributed by atoms with Crippen molar-refractivity contribution in [3.63, 3.8) is 0 Å². The van der Waals surface area contributed by atoms with Crippen LogP contribution in [0.5, 0.6) is 0 Å². The molecule has 2 atom stereocenters. The Labute approximate surface area is 127 Å². The highest BCUT2D eigenvalue weighted by Gasteiger charge is 2.38. The Hall–Kier alpha value is -1.35. The molecule has 1 N–H and O–H groups in total. The first kappa shape index (κ1) is 14.6. The van der Waals surface area contributed by atoms with Crippen LogP contribution in [0.2, 0.25) is 0 Å². The molecular weight excluding hydrogens is 260 g/mol. The van der Waals surface area contributed by atoms with Gasteiger partial charge in [-0.3, -0.25) is 4.79 Å². The maximum atomic E-state index is 12.5. The van der Waals surface area contributed by atoms with Crippen LogP contribution in [0.3, 0.4) is 0 Å². The molecule has 0 spiro atoms. The van der Waals surface area contributed by atoms with Gasteiger partial charge < -0.3 is 10.2 Å². The lowest BCUT2D eigenvalue weighted by Crippen LogP contribution is -2.43. The van der Waals surface area contributed by atoms with Gasteiger partial charge in [-0.15, -0.1) is 0 Å². The number of aryl methyl sites for hydroxylation is 1. The van der Waals surface area contributed by atoms with Crippen molar-refractivity contribution in [1.29, 1.82) is 0 Å². The Kier molecular flexibility index (Phi) is 4.29. The molecule has 3 heteroatoms. The molecule has 114 valence electrons. The highest BCUT2D eigenvalue weighted by Crippen LogP contribution is 2.35. The minimum atomic E-state index is 0.0847. The monoisotopic (exact) mass is 286 g/mol. The standard InChI is InChI=1S/C18H26N2O/c1-18(10-9-15-6-3-2-4-7-15)11-13-20(14-18)17(21)16-8-5-12-19-16/h2-4,6-7,16,19H,5,8-14H2,1H3. The van der Waals surface area contributed by atoms with E-state index >= 15 is 0 Å². The number of rotatable bonds is 4. The fourth-order valence-electron chi connectivity index (χ4n) is 3.62. The topological polar surface area (TPSA) is 32.3 Å². The highest BCUT2D eigenvalue weighted by molar-refractivity contribution is 5.82. The lowest BCUT2D eigenvalue weighted by Gasteiger charge is -2.26. The molecule has 0 aliphatic carbocycles. The summed E-state index contributed by atoms with van der Waals surface area (Å²) in [5.41, 5.74) is 1.69. The third-order valence-electron chi connectivity index (χ3n) is 5.09. The molecule has 0 radical (unpaired) electrons. The van der Waals surface area contributed by atoms with Crippen LogP contribution in [-0.2, 0) is 11.2 Å². The second kappa shape index (κ2) is 6.18. The number of hydrogen-bond donors (Lipinski definition) is 1. The molecule has 2 heterocycles. The van der Waals surface area contributed by atoms with E-state index in [4.69, 9.17) is 0 Å². The van der Waals surface area contributed by atoms with Crippen LogP contribution in [0.4, 0.5) is 0 Å². The van der Waals surface area contributed by atoms with E-state index in [9.17, 15) is 4.79 Å². The summed E-state index contributed by atoms with van der Waals surface area (Å²) in [4.78, 5) is 14.6. The first-order valence-corrected chi connectivity index (χ1v) is 8.22. The molecule has 21 heavy (non-hydrogen) atoms. The zero-order valence-corrected chi connectivity index (χ0v) is 13.0. The molecule has 3 nitrogen and oxygen atoms in total. The molecule has 0 saturated carbocycles. The van der Waals surface area contributed by atoms with Gasteiger partial charge in [0.05, 0.1) is 6.04 Å². The van der Waals surface area contributed by atoms with Crippen LogP contribution in [0, 0.1) is 5.41 Å². The van der Waals surface area contributed by atoms with Crippen molar-refractivity contribution in [2.24, 2.45) is 5.41 Å². The molecule has 3 rings (SSSR count). The molecule has 1 aromatic carbocycles. The minimum absolute atomic E-state index is 0.0847. The van der Waals surface area contributed by atoms with E-state index in [0.29, 0.717) is 5.91 Å². The maximum Gasteiger partial charge on any atom is 0.239 e. The van der Waals surface area contributed by atoms with E-state index in [0.717, 1.165) is 45.3 Å². The van der Waals surface area contributed by atoms with Gasteiger partial charge in [0, 0.05) is 13.1 Å².